The summed E-state index contributed by atoms with van der Waals surface area (Å²) < 4.78 is 26.4. The summed E-state index contributed by atoms with van der Waals surface area (Å²) in [6, 6.07) is 8.90. The molecule has 1 aromatic heterocycles. The Bertz CT molecular complexity index is 786. The highest BCUT2D eigenvalue weighted by Gasteiger charge is 2.18. The van der Waals surface area contributed by atoms with Gasteiger partial charge in [-0.05, 0) is 30.3 Å². The smallest absolute Gasteiger partial charge is 0.345 e. The molecule has 1 aromatic carbocycles. The number of benzene rings is 1. The van der Waals surface area contributed by atoms with Crippen LogP contribution in [0.1, 0.15) is 15.2 Å². The second-order valence-electron chi connectivity index (χ2n) is 3.75. The minimum absolute atomic E-state index is 0.0507. The number of rotatable bonds is 4. The molecular weight excluding hydrogens is 300 g/mol. The van der Waals surface area contributed by atoms with Gasteiger partial charge in [0.05, 0.1) is 16.5 Å². The molecule has 8 heteroatoms. The number of carboxylic acid groups (broad SMARTS) is 1. The Hall–Kier alpha value is -2.37. The van der Waals surface area contributed by atoms with Crippen molar-refractivity contribution in [3.05, 3.63) is 46.2 Å². The van der Waals surface area contributed by atoms with Crippen molar-refractivity contribution >= 4 is 33.0 Å². The van der Waals surface area contributed by atoms with E-state index in [4.69, 9.17) is 10.4 Å². The highest BCUT2D eigenvalue weighted by atomic mass is 32.2. The normalized spacial score (nSPS) is 10.8. The maximum Gasteiger partial charge on any atom is 0.345 e. The number of thiophene rings is 1. The molecule has 2 rings (SSSR count). The molecule has 2 aromatic rings. The molecule has 0 fully saturated rings. The van der Waals surface area contributed by atoms with Crippen molar-refractivity contribution in [2.24, 2.45) is 0 Å². The number of anilines is 1. The molecule has 0 bridgehead atoms. The molecule has 0 aliphatic heterocycles. The minimum Gasteiger partial charge on any atom is -0.477 e. The zero-order chi connectivity index (χ0) is 14.8. The van der Waals surface area contributed by atoms with Gasteiger partial charge in [0.1, 0.15) is 4.88 Å². The number of nitriles is 1. The van der Waals surface area contributed by atoms with Crippen molar-refractivity contribution in [2.75, 3.05) is 4.72 Å². The third kappa shape index (κ3) is 2.96. The number of sulfonamides is 1. The highest BCUT2D eigenvalue weighted by molar-refractivity contribution is 7.92. The summed E-state index contributed by atoms with van der Waals surface area (Å²) in [5.41, 5.74) is 0.712. The predicted octanol–water partition coefficient (Wildman–Crippen LogP) is 2.12. The lowest BCUT2D eigenvalue weighted by molar-refractivity contribution is 0.0702. The fraction of sp³-hybridized carbons (Fsp3) is 0. The second-order valence-corrected chi connectivity index (χ2v) is 6.34. The van der Waals surface area contributed by atoms with Gasteiger partial charge in [-0.25, -0.2) is 13.2 Å². The van der Waals surface area contributed by atoms with Crippen LogP contribution in [-0.2, 0) is 10.0 Å². The van der Waals surface area contributed by atoms with Crippen LogP contribution in [0.5, 0.6) is 0 Å². The summed E-state index contributed by atoms with van der Waals surface area (Å²) in [5.74, 6) is -1.17. The fourth-order valence-corrected chi connectivity index (χ4v) is 3.57. The molecule has 0 saturated heterocycles. The van der Waals surface area contributed by atoms with Crippen molar-refractivity contribution in [1.82, 2.24) is 0 Å². The lowest BCUT2D eigenvalue weighted by Crippen LogP contribution is -2.12. The lowest BCUT2D eigenvalue weighted by atomic mass is 10.2. The minimum atomic E-state index is -3.83. The standard InChI is InChI=1S/C12H8N2O4S2/c13-6-8-1-3-9(4-2-8)14-20(17,18)10-5-11(12(15)16)19-7-10/h1-5,7,14H,(H,15,16). The molecule has 1 heterocycles. The van der Waals surface area contributed by atoms with Gasteiger partial charge in [-0.15, -0.1) is 11.3 Å². The Balaban J connectivity index is 2.25. The van der Waals surface area contributed by atoms with E-state index in [9.17, 15) is 13.2 Å². The maximum atomic E-state index is 12.0. The first-order chi connectivity index (χ1) is 9.42. The van der Waals surface area contributed by atoms with E-state index in [2.05, 4.69) is 4.72 Å². The van der Waals surface area contributed by atoms with Crippen LogP contribution in [0.15, 0.2) is 40.6 Å². The zero-order valence-electron chi connectivity index (χ0n) is 9.90. The number of carbonyl (C=O) groups is 1. The first-order valence-corrected chi connectivity index (χ1v) is 7.63. The number of aromatic carboxylic acids is 1. The average Bonchev–Trinajstić information content (AvgIpc) is 2.90. The van der Waals surface area contributed by atoms with Crippen molar-refractivity contribution in [2.45, 2.75) is 4.90 Å². The molecule has 0 radical (unpaired) electrons. The van der Waals surface area contributed by atoms with Crippen LogP contribution in [0.2, 0.25) is 0 Å². The monoisotopic (exact) mass is 308 g/mol. The van der Waals surface area contributed by atoms with Crippen LogP contribution < -0.4 is 4.72 Å². The predicted molar refractivity (Wildman–Crippen MR) is 73.2 cm³/mol. The Kier molecular flexibility index (Phi) is 3.74. The topological polar surface area (TPSA) is 107 Å². The van der Waals surface area contributed by atoms with Gasteiger partial charge < -0.3 is 5.11 Å². The Morgan fingerprint density at radius 1 is 1.30 bits per heavy atom. The molecule has 0 aliphatic rings. The molecule has 0 unspecified atom stereocenters. The van der Waals surface area contributed by atoms with E-state index in [1.807, 2.05) is 6.07 Å². The first-order valence-electron chi connectivity index (χ1n) is 5.27. The van der Waals surface area contributed by atoms with Gasteiger partial charge >= 0.3 is 5.97 Å². The molecule has 0 atom stereocenters. The van der Waals surface area contributed by atoms with Crippen molar-refractivity contribution in [3.8, 4) is 6.07 Å². The van der Waals surface area contributed by atoms with E-state index in [-0.39, 0.29) is 9.77 Å². The third-order valence-electron chi connectivity index (χ3n) is 2.36. The summed E-state index contributed by atoms with van der Waals surface area (Å²) in [6.45, 7) is 0. The summed E-state index contributed by atoms with van der Waals surface area (Å²) in [7, 11) is -3.83. The Labute approximate surface area is 119 Å². The molecule has 0 spiro atoms. The number of hydrogen-bond acceptors (Lipinski definition) is 5. The molecular formula is C12H8N2O4S2. The van der Waals surface area contributed by atoms with E-state index in [1.165, 1.54) is 29.6 Å². The van der Waals surface area contributed by atoms with Crippen LogP contribution in [0.25, 0.3) is 0 Å². The van der Waals surface area contributed by atoms with E-state index in [0.29, 0.717) is 11.3 Å². The quantitative estimate of drug-likeness (QED) is 0.899. The van der Waals surface area contributed by atoms with Gasteiger partial charge in [-0.2, -0.15) is 5.26 Å². The first kappa shape index (κ1) is 14.0. The van der Waals surface area contributed by atoms with Gasteiger partial charge in [0, 0.05) is 11.1 Å². The Morgan fingerprint density at radius 3 is 2.45 bits per heavy atom. The van der Waals surface area contributed by atoms with Crippen LogP contribution in [0.3, 0.4) is 0 Å². The van der Waals surface area contributed by atoms with Crippen molar-refractivity contribution in [3.63, 3.8) is 0 Å². The van der Waals surface area contributed by atoms with Gasteiger partial charge in [0.15, 0.2) is 0 Å². The number of hydrogen-bond donors (Lipinski definition) is 2. The second kappa shape index (κ2) is 5.32. The number of nitrogens with zero attached hydrogens (tertiary/aromatic N) is 1. The fourth-order valence-electron chi connectivity index (χ4n) is 1.40. The molecule has 20 heavy (non-hydrogen) atoms. The van der Waals surface area contributed by atoms with Gasteiger partial charge in [0.2, 0.25) is 0 Å². The zero-order valence-corrected chi connectivity index (χ0v) is 11.5. The van der Waals surface area contributed by atoms with Crippen LogP contribution >= 0.6 is 11.3 Å². The molecule has 0 aliphatic carbocycles. The molecule has 0 saturated carbocycles. The number of nitrogens with one attached hydrogen (secondary N) is 1. The maximum absolute atomic E-state index is 12.0. The largest absolute Gasteiger partial charge is 0.477 e. The summed E-state index contributed by atoms with van der Waals surface area (Å²) in [4.78, 5) is 10.6. The Morgan fingerprint density at radius 2 is 1.95 bits per heavy atom. The van der Waals surface area contributed by atoms with E-state index < -0.39 is 16.0 Å². The van der Waals surface area contributed by atoms with Crippen LogP contribution in [-0.4, -0.2) is 19.5 Å². The third-order valence-corrected chi connectivity index (χ3v) is 4.79. The van der Waals surface area contributed by atoms with Crippen LogP contribution in [0.4, 0.5) is 5.69 Å². The van der Waals surface area contributed by atoms with Gasteiger partial charge in [-0.1, -0.05) is 0 Å². The molecule has 2 N–H and O–H groups in total. The molecule has 6 nitrogen and oxygen atoms in total. The molecule has 0 amide bonds. The number of carboxylic acids is 1. The summed E-state index contributed by atoms with van der Waals surface area (Å²) in [5, 5.41) is 18.7. The molecule has 102 valence electrons. The lowest BCUT2D eigenvalue weighted by Gasteiger charge is -2.05. The summed E-state index contributed by atoms with van der Waals surface area (Å²) >= 11 is 0.839. The van der Waals surface area contributed by atoms with Crippen molar-refractivity contribution in [1.29, 1.82) is 5.26 Å². The highest BCUT2D eigenvalue weighted by Crippen LogP contribution is 2.22. The van der Waals surface area contributed by atoms with E-state index in [0.717, 1.165) is 17.4 Å². The van der Waals surface area contributed by atoms with Gasteiger partial charge in [-0.3, -0.25) is 4.72 Å². The summed E-state index contributed by atoms with van der Waals surface area (Å²) in [6.07, 6.45) is 0. The van der Waals surface area contributed by atoms with E-state index in [1.54, 1.807) is 0 Å². The average molecular weight is 308 g/mol. The van der Waals surface area contributed by atoms with Crippen LogP contribution in [0, 0.1) is 11.3 Å². The van der Waals surface area contributed by atoms with Gasteiger partial charge in [0.25, 0.3) is 10.0 Å². The van der Waals surface area contributed by atoms with Crippen molar-refractivity contribution < 1.29 is 18.3 Å². The SMILES string of the molecule is N#Cc1ccc(NS(=O)(=O)c2csc(C(=O)O)c2)cc1. The van der Waals surface area contributed by atoms with E-state index >= 15 is 0 Å².